The smallest absolute Gasteiger partial charge is 0.416 e. The normalized spacial score (nSPS) is 15.6. The van der Waals surface area contributed by atoms with Crippen LogP contribution in [0.15, 0.2) is 60.7 Å². The Labute approximate surface area is 194 Å². The fourth-order valence-electron chi connectivity index (χ4n) is 4.07. The number of benzene rings is 3. The van der Waals surface area contributed by atoms with Crippen LogP contribution in [0, 0.1) is 0 Å². The lowest BCUT2D eigenvalue weighted by molar-refractivity contribution is -0.137. The minimum Gasteiger partial charge on any atom is -0.454 e. The first-order chi connectivity index (χ1) is 16.2. The zero-order valence-corrected chi connectivity index (χ0v) is 17.7. The van der Waals surface area contributed by atoms with Crippen LogP contribution in [-0.4, -0.2) is 18.6 Å². The Balaban J connectivity index is 0.00000289. The van der Waals surface area contributed by atoms with E-state index >= 15 is 0 Å². The Bertz CT molecular complexity index is 1310. The summed E-state index contributed by atoms with van der Waals surface area (Å²) < 4.78 is 51.5. The highest BCUT2D eigenvalue weighted by atomic mass is 19.4. The number of nitrogens with two attached hydrogens (primary N) is 1. The fourth-order valence-corrected chi connectivity index (χ4v) is 4.07. The van der Waals surface area contributed by atoms with Gasteiger partial charge >= 0.3 is 6.18 Å². The van der Waals surface area contributed by atoms with E-state index in [2.05, 4.69) is 5.32 Å². The fraction of sp³-hybridized carbons (Fsp3) is 0.200. The van der Waals surface area contributed by atoms with Crippen molar-refractivity contribution in [1.82, 2.24) is 0 Å². The summed E-state index contributed by atoms with van der Waals surface area (Å²) in [7, 11) is 0. The van der Waals surface area contributed by atoms with Crippen molar-refractivity contribution in [1.29, 1.82) is 0 Å². The molecular formula is C25H21F3N2O4. The number of amides is 2. The van der Waals surface area contributed by atoms with Crippen LogP contribution in [0.1, 0.15) is 35.8 Å². The lowest BCUT2D eigenvalue weighted by Crippen LogP contribution is -2.28. The van der Waals surface area contributed by atoms with E-state index in [1.165, 1.54) is 30.3 Å². The predicted molar refractivity (Wildman–Crippen MR) is 120 cm³/mol. The number of alkyl halides is 3. The number of halogens is 3. The van der Waals surface area contributed by atoms with Crippen molar-refractivity contribution in [2.45, 2.75) is 24.4 Å². The van der Waals surface area contributed by atoms with Crippen LogP contribution in [0.25, 0.3) is 11.1 Å². The number of primary amides is 1. The number of nitrogens with one attached hydrogen (secondary N) is 1. The van der Waals surface area contributed by atoms with E-state index in [1.54, 1.807) is 18.2 Å². The first-order valence-corrected chi connectivity index (χ1v) is 10.5. The van der Waals surface area contributed by atoms with Gasteiger partial charge in [0.15, 0.2) is 11.5 Å². The molecule has 2 aliphatic rings. The van der Waals surface area contributed by atoms with E-state index in [1.807, 2.05) is 0 Å². The van der Waals surface area contributed by atoms with Crippen molar-refractivity contribution < 1.29 is 33.7 Å². The summed E-state index contributed by atoms with van der Waals surface area (Å²) in [6, 6.07) is 14.5. The van der Waals surface area contributed by atoms with Gasteiger partial charge in [-0.3, -0.25) is 9.59 Å². The van der Waals surface area contributed by atoms with Crippen molar-refractivity contribution in [3.8, 4) is 22.6 Å². The van der Waals surface area contributed by atoms with Crippen LogP contribution in [-0.2, 0) is 16.4 Å². The number of fused-ring (bicyclic) bond motifs is 1. The van der Waals surface area contributed by atoms with Crippen LogP contribution in [0.4, 0.5) is 18.9 Å². The lowest BCUT2D eigenvalue weighted by Gasteiger charge is -2.18. The molecule has 0 atom stereocenters. The molecule has 0 spiro atoms. The molecule has 1 fully saturated rings. The Hall–Kier alpha value is -4.01. The van der Waals surface area contributed by atoms with Gasteiger partial charge in [0.25, 0.3) is 0 Å². The van der Waals surface area contributed by atoms with E-state index in [9.17, 15) is 22.8 Å². The predicted octanol–water partition coefficient (Wildman–Crippen LogP) is 5.12. The second kappa shape index (κ2) is 7.79. The molecule has 34 heavy (non-hydrogen) atoms. The molecule has 0 unspecified atom stereocenters. The molecule has 176 valence electrons. The minimum absolute atomic E-state index is 0. The SMILES string of the molecule is NC(=O)c1ccc(-c2cc(NC(=O)C3(c4ccc5c(c4)OCO5)CC3)cc(C(F)(F)F)c2)cc1.[HH]. The first-order valence-electron chi connectivity index (χ1n) is 10.5. The molecule has 3 aromatic carbocycles. The molecule has 5 rings (SSSR count). The molecule has 0 bridgehead atoms. The van der Waals surface area contributed by atoms with Gasteiger partial charge in [0, 0.05) is 12.7 Å². The first kappa shape index (κ1) is 21.8. The maximum absolute atomic E-state index is 13.6. The highest BCUT2D eigenvalue weighted by Crippen LogP contribution is 2.51. The van der Waals surface area contributed by atoms with Crippen LogP contribution >= 0.6 is 0 Å². The largest absolute Gasteiger partial charge is 0.454 e. The number of hydrogen-bond acceptors (Lipinski definition) is 4. The Morgan fingerprint density at radius 3 is 2.26 bits per heavy atom. The molecule has 1 aliphatic heterocycles. The monoisotopic (exact) mass is 470 g/mol. The maximum atomic E-state index is 13.6. The molecule has 1 saturated carbocycles. The van der Waals surface area contributed by atoms with Gasteiger partial charge in [-0.25, -0.2) is 0 Å². The molecule has 9 heteroatoms. The van der Waals surface area contributed by atoms with E-state index in [0.29, 0.717) is 29.9 Å². The van der Waals surface area contributed by atoms with Crippen molar-refractivity contribution >= 4 is 17.5 Å². The van der Waals surface area contributed by atoms with Crippen LogP contribution < -0.4 is 20.5 Å². The van der Waals surface area contributed by atoms with Gasteiger partial charge < -0.3 is 20.5 Å². The Morgan fingerprint density at radius 1 is 0.912 bits per heavy atom. The molecule has 2 amide bonds. The number of carbonyl (C=O) groups is 2. The minimum atomic E-state index is -4.61. The zero-order valence-electron chi connectivity index (χ0n) is 17.7. The molecule has 3 N–H and O–H groups in total. The number of rotatable bonds is 5. The standard InChI is InChI=1S/C25H19F3N2O4.H2/c26-25(27,28)18-9-16(14-1-3-15(4-2-14)22(29)31)10-19(11-18)30-23(32)24(7-8-24)17-5-6-20-21(12-17)34-13-33-20;/h1-6,9-12H,7-8,13H2,(H2,29,31)(H,30,32);1H. The number of anilines is 1. The molecule has 6 nitrogen and oxygen atoms in total. The molecular weight excluding hydrogens is 449 g/mol. The van der Waals surface area contributed by atoms with Gasteiger partial charge in [-0.2, -0.15) is 13.2 Å². The third kappa shape index (κ3) is 3.93. The van der Waals surface area contributed by atoms with Gasteiger partial charge in [-0.1, -0.05) is 18.2 Å². The van der Waals surface area contributed by atoms with Crippen molar-refractivity contribution in [2.24, 2.45) is 5.73 Å². The zero-order chi connectivity index (χ0) is 24.1. The Morgan fingerprint density at radius 2 is 1.62 bits per heavy atom. The van der Waals surface area contributed by atoms with E-state index in [4.69, 9.17) is 15.2 Å². The van der Waals surface area contributed by atoms with Gasteiger partial charge in [-0.05, 0) is 72.0 Å². The molecule has 0 radical (unpaired) electrons. The molecule has 1 aliphatic carbocycles. The summed E-state index contributed by atoms with van der Waals surface area (Å²) in [5.74, 6) is 0.102. The third-order valence-electron chi connectivity index (χ3n) is 6.13. The number of ether oxygens (including phenoxy) is 2. The van der Waals surface area contributed by atoms with E-state index in [-0.39, 0.29) is 30.9 Å². The second-order valence-corrected chi connectivity index (χ2v) is 8.34. The van der Waals surface area contributed by atoms with Gasteiger partial charge in [-0.15, -0.1) is 0 Å². The molecule has 1 heterocycles. The highest BCUT2D eigenvalue weighted by Gasteiger charge is 2.51. The van der Waals surface area contributed by atoms with Gasteiger partial charge in [0.1, 0.15) is 0 Å². The van der Waals surface area contributed by atoms with Gasteiger partial charge in [0.05, 0.1) is 11.0 Å². The number of carbonyl (C=O) groups excluding carboxylic acids is 2. The summed E-state index contributed by atoms with van der Waals surface area (Å²) in [6.45, 7) is 0.103. The quantitative estimate of drug-likeness (QED) is 0.542. The topological polar surface area (TPSA) is 90.7 Å². The van der Waals surface area contributed by atoms with E-state index < -0.39 is 23.1 Å². The summed E-state index contributed by atoms with van der Waals surface area (Å²) in [5, 5.41) is 2.68. The molecule has 3 aromatic rings. The molecule has 0 aromatic heterocycles. The average Bonchev–Trinajstić information content (AvgIpc) is 3.49. The Kier molecular flexibility index (Phi) is 5.00. The molecule has 0 saturated heterocycles. The maximum Gasteiger partial charge on any atom is 0.416 e. The summed E-state index contributed by atoms with van der Waals surface area (Å²) in [5.41, 5.74) is 5.19. The third-order valence-corrected chi connectivity index (χ3v) is 6.13. The van der Waals surface area contributed by atoms with Crippen molar-refractivity contribution in [3.05, 3.63) is 77.4 Å². The summed E-state index contributed by atoms with van der Waals surface area (Å²) in [4.78, 5) is 24.5. The average molecular weight is 470 g/mol. The number of hydrogen-bond donors (Lipinski definition) is 2. The summed E-state index contributed by atoms with van der Waals surface area (Å²) >= 11 is 0. The highest BCUT2D eigenvalue weighted by molar-refractivity contribution is 6.02. The second-order valence-electron chi connectivity index (χ2n) is 8.34. The van der Waals surface area contributed by atoms with Gasteiger partial charge in [0.2, 0.25) is 18.6 Å². The van der Waals surface area contributed by atoms with Crippen molar-refractivity contribution in [2.75, 3.05) is 12.1 Å². The van der Waals surface area contributed by atoms with Crippen LogP contribution in [0.2, 0.25) is 0 Å². The lowest BCUT2D eigenvalue weighted by atomic mass is 9.94. The van der Waals surface area contributed by atoms with Crippen LogP contribution in [0.5, 0.6) is 11.5 Å². The van der Waals surface area contributed by atoms with Crippen molar-refractivity contribution in [3.63, 3.8) is 0 Å². The van der Waals surface area contributed by atoms with E-state index in [0.717, 1.165) is 17.7 Å². The van der Waals surface area contributed by atoms with Crippen LogP contribution in [0.3, 0.4) is 0 Å². The summed E-state index contributed by atoms with van der Waals surface area (Å²) in [6.07, 6.45) is -3.48.